The summed E-state index contributed by atoms with van der Waals surface area (Å²) in [6.07, 6.45) is 1.03. The second kappa shape index (κ2) is 8.70. The third-order valence-electron chi connectivity index (χ3n) is 2.72. The lowest BCUT2D eigenvalue weighted by atomic mass is 10.1. The van der Waals surface area contributed by atoms with Crippen LogP contribution in [0.4, 0.5) is 0 Å². The van der Waals surface area contributed by atoms with E-state index in [-0.39, 0.29) is 5.97 Å². The smallest absolute Gasteiger partial charge is 0.335 e. The van der Waals surface area contributed by atoms with Gasteiger partial charge in [0, 0.05) is 0 Å². The first-order valence-electron chi connectivity index (χ1n) is 6.95. The van der Waals surface area contributed by atoms with Crippen molar-refractivity contribution in [2.24, 2.45) is 5.92 Å². The fraction of sp³-hybridized carbons (Fsp3) is 0.562. The molecular formula is C16H24O3. The molecule has 0 aliphatic heterocycles. The summed E-state index contributed by atoms with van der Waals surface area (Å²) in [5.41, 5.74) is 1.21. The molecule has 0 bridgehead atoms. The standard InChI is InChI=1S/C16H24O3/c1-4-18-16(17)15(19-12-13(2)3)11-10-14-8-6-5-7-9-14/h5-9,13,15H,4,10-12H2,1-3H3. The van der Waals surface area contributed by atoms with Crippen LogP contribution in [0.1, 0.15) is 32.8 Å². The topological polar surface area (TPSA) is 35.5 Å². The molecule has 0 aromatic heterocycles. The number of hydrogen-bond acceptors (Lipinski definition) is 3. The summed E-state index contributed by atoms with van der Waals surface area (Å²) in [6.45, 7) is 6.93. The van der Waals surface area contributed by atoms with Crippen molar-refractivity contribution in [3.8, 4) is 0 Å². The maximum Gasteiger partial charge on any atom is 0.335 e. The van der Waals surface area contributed by atoms with Gasteiger partial charge in [-0.15, -0.1) is 0 Å². The molecule has 106 valence electrons. The van der Waals surface area contributed by atoms with Crippen LogP contribution in [0.2, 0.25) is 0 Å². The lowest BCUT2D eigenvalue weighted by Crippen LogP contribution is -2.28. The molecule has 19 heavy (non-hydrogen) atoms. The van der Waals surface area contributed by atoms with Crippen LogP contribution in [0, 0.1) is 5.92 Å². The van der Waals surface area contributed by atoms with Crippen molar-refractivity contribution < 1.29 is 14.3 Å². The van der Waals surface area contributed by atoms with E-state index in [0.29, 0.717) is 25.6 Å². The summed E-state index contributed by atoms with van der Waals surface area (Å²) >= 11 is 0. The Morgan fingerprint density at radius 3 is 2.47 bits per heavy atom. The minimum absolute atomic E-state index is 0.251. The molecule has 0 amide bonds. The molecule has 3 nitrogen and oxygen atoms in total. The molecular weight excluding hydrogens is 240 g/mol. The molecule has 0 N–H and O–H groups in total. The molecule has 1 aromatic rings. The van der Waals surface area contributed by atoms with Gasteiger partial charge in [0.05, 0.1) is 13.2 Å². The van der Waals surface area contributed by atoms with E-state index >= 15 is 0 Å². The van der Waals surface area contributed by atoms with Crippen LogP contribution in [0.15, 0.2) is 30.3 Å². The highest BCUT2D eigenvalue weighted by molar-refractivity contribution is 5.74. The monoisotopic (exact) mass is 264 g/mol. The number of rotatable bonds is 8. The zero-order chi connectivity index (χ0) is 14.1. The van der Waals surface area contributed by atoms with Crippen molar-refractivity contribution in [1.29, 1.82) is 0 Å². The first-order chi connectivity index (χ1) is 9.13. The first kappa shape index (κ1) is 15.7. The normalized spacial score (nSPS) is 12.4. The van der Waals surface area contributed by atoms with Crippen molar-refractivity contribution in [1.82, 2.24) is 0 Å². The predicted molar refractivity (Wildman–Crippen MR) is 76.0 cm³/mol. The maximum atomic E-state index is 11.8. The van der Waals surface area contributed by atoms with Crippen molar-refractivity contribution >= 4 is 5.97 Å². The van der Waals surface area contributed by atoms with E-state index in [4.69, 9.17) is 9.47 Å². The average Bonchev–Trinajstić information content (AvgIpc) is 2.40. The predicted octanol–water partition coefficient (Wildman–Crippen LogP) is 3.22. The van der Waals surface area contributed by atoms with Crippen molar-refractivity contribution in [3.63, 3.8) is 0 Å². The van der Waals surface area contributed by atoms with Gasteiger partial charge in [0.1, 0.15) is 0 Å². The van der Waals surface area contributed by atoms with Gasteiger partial charge < -0.3 is 9.47 Å². The number of benzene rings is 1. The fourth-order valence-corrected chi connectivity index (χ4v) is 1.76. The summed E-state index contributed by atoms with van der Waals surface area (Å²) in [5, 5.41) is 0. The van der Waals surface area contributed by atoms with Gasteiger partial charge in [-0.05, 0) is 31.2 Å². The van der Waals surface area contributed by atoms with E-state index in [1.54, 1.807) is 0 Å². The van der Waals surface area contributed by atoms with E-state index in [1.807, 2.05) is 25.1 Å². The molecule has 0 radical (unpaired) electrons. The molecule has 0 aliphatic rings. The summed E-state index contributed by atoms with van der Waals surface area (Å²) < 4.78 is 10.7. The quantitative estimate of drug-likeness (QED) is 0.676. The maximum absolute atomic E-state index is 11.8. The van der Waals surface area contributed by atoms with E-state index < -0.39 is 6.10 Å². The first-order valence-corrected chi connectivity index (χ1v) is 6.95. The number of carbonyl (C=O) groups is 1. The van der Waals surface area contributed by atoms with E-state index in [2.05, 4.69) is 26.0 Å². The van der Waals surface area contributed by atoms with Crippen LogP contribution < -0.4 is 0 Å². The van der Waals surface area contributed by atoms with E-state index in [1.165, 1.54) is 5.56 Å². The molecule has 1 aromatic carbocycles. The van der Waals surface area contributed by atoms with Gasteiger partial charge >= 0.3 is 5.97 Å². The lowest BCUT2D eigenvalue weighted by Gasteiger charge is -2.17. The lowest BCUT2D eigenvalue weighted by molar-refractivity contribution is -0.157. The Kier molecular flexibility index (Phi) is 7.19. The largest absolute Gasteiger partial charge is 0.464 e. The third-order valence-corrected chi connectivity index (χ3v) is 2.72. The van der Waals surface area contributed by atoms with E-state index in [9.17, 15) is 4.79 Å². The Morgan fingerprint density at radius 1 is 1.21 bits per heavy atom. The molecule has 0 aliphatic carbocycles. The molecule has 0 heterocycles. The molecule has 3 heteroatoms. The van der Waals surface area contributed by atoms with E-state index in [0.717, 1.165) is 6.42 Å². The second-order valence-corrected chi connectivity index (χ2v) is 4.99. The molecule has 0 saturated heterocycles. The van der Waals surface area contributed by atoms with Crippen LogP contribution in [0.25, 0.3) is 0 Å². The molecule has 1 atom stereocenters. The Hall–Kier alpha value is -1.35. The Labute approximate surface area is 115 Å². The van der Waals surface area contributed by atoms with Crippen LogP contribution in [-0.2, 0) is 20.7 Å². The third kappa shape index (κ3) is 6.39. The van der Waals surface area contributed by atoms with Gasteiger partial charge in [0.25, 0.3) is 0 Å². The Bertz CT molecular complexity index is 360. The molecule has 0 saturated carbocycles. The van der Waals surface area contributed by atoms with Crippen molar-refractivity contribution in [3.05, 3.63) is 35.9 Å². The van der Waals surface area contributed by atoms with Crippen molar-refractivity contribution in [2.45, 2.75) is 39.7 Å². The minimum Gasteiger partial charge on any atom is -0.464 e. The highest BCUT2D eigenvalue weighted by atomic mass is 16.6. The van der Waals surface area contributed by atoms with Gasteiger partial charge in [-0.3, -0.25) is 0 Å². The van der Waals surface area contributed by atoms with Gasteiger partial charge in [-0.2, -0.15) is 0 Å². The van der Waals surface area contributed by atoms with Gasteiger partial charge in [0.2, 0.25) is 0 Å². The highest BCUT2D eigenvalue weighted by Crippen LogP contribution is 2.10. The van der Waals surface area contributed by atoms with Gasteiger partial charge in [-0.25, -0.2) is 4.79 Å². The number of carbonyl (C=O) groups excluding carboxylic acids is 1. The fourth-order valence-electron chi connectivity index (χ4n) is 1.76. The van der Waals surface area contributed by atoms with Gasteiger partial charge in [0.15, 0.2) is 6.10 Å². The molecule has 1 unspecified atom stereocenters. The van der Waals surface area contributed by atoms with Crippen molar-refractivity contribution in [2.75, 3.05) is 13.2 Å². The second-order valence-electron chi connectivity index (χ2n) is 4.99. The van der Waals surface area contributed by atoms with Gasteiger partial charge in [-0.1, -0.05) is 44.2 Å². The number of ether oxygens (including phenoxy) is 2. The number of aryl methyl sites for hydroxylation is 1. The van der Waals surface area contributed by atoms with Crippen LogP contribution >= 0.6 is 0 Å². The summed E-state index contributed by atoms with van der Waals surface area (Å²) in [5.74, 6) is 0.160. The average molecular weight is 264 g/mol. The summed E-state index contributed by atoms with van der Waals surface area (Å²) in [6, 6.07) is 10.1. The SMILES string of the molecule is CCOC(=O)C(CCc1ccccc1)OCC(C)C. The number of hydrogen-bond donors (Lipinski definition) is 0. The summed E-state index contributed by atoms with van der Waals surface area (Å²) in [7, 11) is 0. The number of esters is 1. The zero-order valence-corrected chi connectivity index (χ0v) is 12.1. The van der Waals surface area contributed by atoms with Crippen LogP contribution in [0.3, 0.4) is 0 Å². The highest BCUT2D eigenvalue weighted by Gasteiger charge is 2.20. The Balaban J connectivity index is 2.50. The minimum atomic E-state index is -0.456. The molecule has 1 rings (SSSR count). The zero-order valence-electron chi connectivity index (χ0n) is 12.1. The Morgan fingerprint density at radius 2 is 1.89 bits per heavy atom. The van der Waals surface area contributed by atoms with Crippen LogP contribution in [-0.4, -0.2) is 25.3 Å². The van der Waals surface area contributed by atoms with Crippen LogP contribution in [0.5, 0.6) is 0 Å². The molecule has 0 fully saturated rings. The summed E-state index contributed by atoms with van der Waals surface area (Å²) in [4.78, 5) is 11.8. The molecule has 0 spiro atoms.